The Morgan fingerprint density at radius 1 is 1.33 bits per heavy atom. The number of hydrogen-bond donors (Lipinski definition) is 2. The van der Waals surface area contributed by atoms with Gasteiger partial charge in [0.15, 0.2) is 0 Å². The van der Waals surface area contributed by atoms with Crippen molar-refractivity contribution in [2.75, 3.05) is 0 Å². The van der Waals surface area contributed by atoms with E-state index in [0.717, 1.165) is 0 Å². The van der Waals surface area contributed by atoms with Crippen molar-refractivity contribution in [3.8, 4) is 0 Å². The summed E-state index contributed by atoms with van der Waals surface area (Å²) in [5.41, 5.74) is 0. The van der Waals surface area contributed by atoms with Gasteiger partial charge in [0.05, 0.1) is 0 Å². The van der Waals surface area contributed by atoms with Crippen LogP contribution in [0.1, 0.15) is 0 Å². The van der Waals surface area contributed by atoms with Crippen LogP contribution in [0.5, 0.6) is 0 Å². The second-order valence-electron chi connectivity index (χ2n) is 0.283. The zero-order valence-electron chi connectivity index (χ0n) is 2.21. The van der Waals surface area contributed by atoms with Crippen LogP contribution in [0.3, 0.4) is 0 Å². The molecular weight excluding hydrogens is 348 g/mol. The van der Waals surface area contributed by atoms with Crippen molar-refractivity contribution in [1.29, 1.82) is 0 Å². The Kier molecular flexibility index (Phi) is 26.8. The molecule has 0 rings (SSSR count). The van der Waals surface area contributed by atoms with E-state index < -0.39 is 6.16 Å². The zero-order chi connectivity index (χ0) is 3.58. The van der Waals surface area contributed by atoms with Gasteiger partial charge in [-0.15, -0.1) is 0 Å². The van der Waals surface area contributed by atoms with Crippen molar-refractivity contribution in [1.82, 2.24) is 0 Å². The van der Waals surface area contributed by atoms with E-state index in [0.29, 0.717) is 0 Å². The summed E-state index contributed by atoms with van der Waals surface area (Å²) < 4.78 is 0. The smallest absolute Gasteiger partial charge is 0 e. The molecule has 6 heavy (non-hydrogen) atoms. The molecule has 0 heterocycles. The van der Waals surface area contributed by atoms with E-state index in [4.69, 9.17) is 15.0 Å². The van der Waals surface area contributed by atoms with E-state index in [9.17, 15) is 0 Å². The van der Waals surface area contributed by atoms with Crippen molar-refractivity contribution >= 4 is 55.0 Å². The maximum Gasteiger partial charge on any atom is 0 e. The summed E-state index contributed by atoms with van der Waals surface area (Å²) in [5, 5.41) is 13.9. The number of carbonyl (C=O) groups is 1. The van der Waals surface area contributed by atoms with Gasteiger partial charge in [-0.3, -0.25) is 0 Å². The van der Waals surface area contributed by atoms with Crippen LogP contribution in [0.25, 0.3) is 0 Å². The number of rotatable bonds is 0. The molecule has 0 aliphatic heterocycles. The van der Waals surface area contributed by atoms with Crippen molar-refractivity contribution in [2.45, 2.75) is 0 Å². The maximum atomic E-state index is 8.56. The van der Waals surface area contributed by atoms with Crippen LogP contribution in [0.4, 0.5) is 4.79 Å². The first-order chi connectivity index (χ1) is 1.73. The molecular formula is CH4BaO3Sm. The Hall–Kier alpha value is 2.18. The van der Waals surface area contributed by atoms with Crippen molar-refractivity contribution < 1.29 is 55.4 Å². The molecule has 0 radical (unpaired) electrons. The fourth-order valence-corrected chi connectivity index (χ4v) is 0. The van der Waals surface area contributed by atoms with Crippen molar-refractivity contribution in [2.24, 2.45) is 0 Å². The van der Waals surface area contributed by atoms with E-state index in [2.05, 4.69) is 0 Å². The summed E-state index contributed by atoms with van der Waals surface area (Å²) in [5.74, 6) is 0. The van der Waals surface area contributed by atoms with Gasteiger partial charge < -0.3 is 10.2 Å². The minimum Gasteiger partial charge on any atom is 0 e. The first-order valence-corrected chi connectivity index (χ1v) is 0.651. The molecule has 0 spiro atoms. The minimum atomic E-state index is -1.83. The molecule has 0 saturated heterocycles. The monoisotopic (exact) mass is 354 g/mol. The summed E-state index contributed by atoms with van der Waals surface area (Å²) in [6.45, 7) is 0. The Morgan fingerprint density at radius 2 is 1.33 bits per heavy atom. The Bertz CT molecular complexity index is 33.8. The molecule has 0 aromatic carbocycles. The largest absolute Gasteiger partial charge is 0 e. The summed E-state index contributed by atoms with van der Waals surface area (Å²) in [6.07, 6.45) is -1.83. The third-order valence-corrected chi connectivity index (χ3v) is 0. The number of hydrogen-bond acceptors (Lipinski definition) is 1. The predicted octanol–water partition coefficient (Wildman–Crippen LogP) is -0.694. The van der Waals surface area contributed by atoms with E-state index in [-0.39, 0.29) is 89.3 Å². The molecule has 34 valence electrons. The van der Waals surface area contributed by atoms with Crippen LogP contribution < -0.4 is 0 Å². The third kappa shape index (κ3) is 34.9. The standard InChI is InChI=1S/CH2O3.Ba.Sm.2H/c2-1(3)4;;;;/h(H2,2,3,4);;;;. The van der Waals surface area contributed by atoms with Gasteiger partial charge in [0, 0.05) is 40.4 Å². The van der Waals surface area contributed by atoms with Gasteiger partial charge in [-0.25, -0.2) is 4.79 Å². The summed E-state index contributed by atoms with van der Waals surface area (Å²) in [7, 11) is 0. The van der Waals surface area contributed by atoms with Crippen LogP contribution in [0.15, 0.2) is 0 Å². The van der Waals surface area contributed by atoms with Gasteiger partial charge in [-0.1, -0.05) is 0 Å². The van der Waals surface area contributed by atoms with Gasteiger partial charge in [-0.05, 0) is 0 Å². The van der Waals surface area contributed by atoms with E-state index in [1.165, 1.54) is 0 Å². The molecule has 0 unspecified atom stereocenters. The molecule has 0 aromatic rings. The Morgan fingerprint density at radius 3 is 1.33 bits per heavy atom. The van der Waals surface area contributed by atoms with Crippen molar-refractivity contribution in [3.05, 3.63) is 0 Å². The Balaban J connectivity index is -0.0000000450. The summed E-state index contributed by atoms with van der Waals surface area (Å²) >= 11 is 0. The molecule has 0 amide bonds. The average Bonchev–Trinajstić information content (AvgIpc) is 0.811. The number of carboxylic acid groups (broad SMARTS) is 2. The van der Waals surface area contributed by atoms with E-state index in [1.807, 2.05) is 0 Å². The van der Waals surface area contributed by atoms with Gasteiger partial charge >= 0.3 is 55.0 Å². The fraction of sp³-hybridized carbons (Fsp3) is 0. The maximum absolute atomic E-state index is 8.56. The third-order valence-electron chi connectivity index (χ3n) is 0. The van der Waals surface area contributed by atoms with Crippen molar-refractivity contribution in [3.63, 3.8) is 0 Å². The van der Waals surface area contributed by atoms with Gasteiger partial charge in [0.1, 0.15) is 0 Å². The fourth-order valence-electron chi connectivity index (χ4n) is 0. The van der Waals surface area contributed by atoms with Crippen LogP contribution >= 0.6 is 0 Å². The predicted molar refractivity (Wildman–Crippen MR) is 19.2 cm³/mol. The van der Waals surface area contributed by atoms with Gasteiger partial charge in [0.25, 0.3) is 0 Å². The van der Waals surface area contributed by atoms with E-state index in [1.54, 1.807) is 0 Å². The van der Waals surface area contributed by atoms with Gasteiger partial charge in [-0.2, -0.15) is 0 Å². The Labute approximate surface area is 108 Å². The molecule has 0 atom stereocenters. The molecule has 0 fully saturated rings. The first kappa shape index (κ1) is 15.7. The topological polar surface area (TPSA) is 57.5 Å². The van der Waals surface area contributed by atoms with Gasteiger partial charge in [0.2, 0.25) is 0 Å². The summed E-state index contributed by atoms with van der Waals surface area (Å²) in [4.78, 5) is 8.56. The molecule has 0 aliphatic rings. The minimum absolute atomic E-state index is 0. The van der Waals surface area contributed by atoms with Crippen LogP contribution in [0, 0.1) is 40.4 Å². The molecule has 0 bridgehead atoms. The first-order valence-electron chi connectivity index (χ1n) is 0.651. The normalized spacial score (nSPS) is 4.00. The molecule has 5 heteroatoms. The van der Waals surface area contributed by atoms with Crippen LogP contribution in [0.2, 0.25) is 0 Å². The van der Waals surface area contributed by atoms with Crippen LogP contribution in [-0.2, 0) is 0 Å². The molecule has 3 nitrogen and oxygen atoms in total. The molecule has 2 N–H and O–H groups in total. The van der Waals surface area contributed by atoms with E-state index >= 15 is 0 Å². The zero-order valence-corrected chi connectivity index (χ0v) is 4.83. The second kappa shape index (κ2) is 10.2. The molecule has 0 aromatic heterocycles. The average molecular weight is 352 g/mol. The molecule has 0 aliphatic carbocycles. The SMILES string of the molecule is O=C(O)O.[BaH2].[Sm]. The second-order valence-corrected chi connectivity index (χ2v) is 0.283. The molecule has 0 saturated carbocycles. The summed E-state index contributed by atoms with van der Waals surface area (Å²) in [6, 6.07) is 0. The quantitative estimate of drug-likeness (QED) is 0.568. The van der Waals surface area contributed by atoms with Crippen LogP contribution in [-0.4, -0.2) is 65.2 Å².